The third kappa shape index (κ3) is 5.22. The van der Waals surface area contributed by atoms with E-state index in [1.54, 1.807) is 4.90 Å². The Morgan fingerprint density at radius 3 is 2.27 bits per heavy atom. The third-order valence-electron chi connectivity index (χ3n) is 5.81. The van der Waals surface area contributed by atoms with E-state index in [9.17, 15) is 26.3 Å². The van der Waals surface area contributed by atoms with Crippen molar-refractivity contribution in [3.8, 4) is 11.4 Å². The van der Waals surface area contributed by atoms with Crippen molar-refractivity contribution in [1.29, 1.82) is 0 Å². The molecule has 1 N–H and O–H groups in total. The quantitative estimate of drug-likeness (QED) is 0.345. The van der Waals surface area contributed by atoms with Gasteiger partial charge in [-0.2, -0.15) is 26.3 Å². The van der Waals surface area contributed by atoms with Crippen molar-refractivity contribution < 1.29 is 26.3 Å². The molecule has 192 valence electrons. The zero-order valence-electron chi connectivity index (χ0n) is 19.0. The molecule has 1 saturated heterocycles. The number of nitrogens with one attached hydrogen (secondary N) is 1. The Bertz CT molecular complexity index is 1420. The van der Waals surface area contributed by atoms with E-state index in [2.05, 4.69) is 35.5 Å². The Hall–Kier alpha value is -4.10. The van der Waals surface area contributed by atoms with Gasteiger partial charge in [-0.15, -0.1) is 10.2 Å². The summed E-state index contributed by atoms with van der Waals surface area (Å²) in [6.45, 7) is 1.21. The normalized spacial score (nSPS) is 14.7. The van der Waals surface area contributed by atoms with Crippen molar-refractivity contribution in [2.24, 2.45) is 0 Å². The molecule has 5 heterocycles. The second kappa shape index (κ2) is 9.41. The summed E-state index contributed by atoms with van der Waals surface area (Å²) < 4.78 is 80.2. The maximum absolute atomic E-state index is 14.0. The molecule has 0 unspecified atom stereocenters. The molecule has 4 aromatic heterocycles. The van der Waals surface area contributed by atoms with Crippen LogP contribution in [-0.4, -0.2) is 43.2 Å². The number of rotatable bonds is 4. The van der Waals surface area contributed by atoms with E-state index in [0.717, 1.165) is 43.7 Å². The fourth-order valence-corrected chi connectivity index (χ4v) is 3.97. The van der Waals surface area contributed by atoms with Crippen LogP contribution in [0.4, 0.5) is 43.7 Å². The first-order valence-electron chi connectivity index (χ1n) is 11.2. The highest BCUT2D eigenvalue weighted by molar-refractivity contribution is 5.87. The molecule has 4 aromatic rings. The summed E-state index contributed by atoms with van der Waals surface area (Å²) in [5.41, 5.74) is -2.06. The lowest BCUT2D eigenvalue weighted by atomic mass is 10.1. The smallest absolute Gasteiger partial charge is 0.355 e. The van der Waals surface area contributed by atoms with Crippen LogP contribution < -0.4 is 10.2 Å². The molecule has 0 saturated carbocycles. The van der Waals surface area contributed by atoms with Crippen LogP contribution in [0.15, 0.2) is 42.9 Å². The summed E-state index contributed by atoms with van der Waals surface area (Å²) in [6, 6.07) is 4.48. The molecule has 0 bridgehead atoms. The van der Waals surface area contributed by atoms with Gasteiger partial charge in [0.15, 0.2) is 11.5 Å². The van der Waals surface area contributed by atoms with Crippen LogP contribution in [0, 0.1) is 0 Å². The molecule has 0 amide bonds. The standard InChI is InChI=1S/C23H18F6N8/c24-22(25,26)13-4-5-17(31-11-13)33-15-6-7-30-21-20(15)32-12-16(34-21)19-14(23(27,28)29)10-18(35-36-19)37-8-2-1-3-9-37/h4-7,10-12H,1-3,8-9H2,(H,30,31,33,34). The second-order valence-corrected chi connectivity index (χ2v) is 8.35. The fraction of sp³-hybridized carbons (Fsp3) is 0.304. The molecular weight excluding hydrogens is 502 g/mol. The van der Waals surface area contributed by atoms with E-state index in [4.69, 9.17) is 0 Å². The molecular formula is C23H18F6N8. The van der Waals surface area contributed by atoms with Crippen LogP contribution in [0.25, 0.3) is 22.6 Å². The lowest BCUT2D eigenvalue weighted by Crippen LogP contribution is -2.30. The van der Waals surface area contributed by atoms with E-state index in [-0.39, 0.29) is 28.5 Å². The van der Waals surface area contributed by atoms with Crippen molar-refractivity contribution in [1.82, 2.24) is 30.1 Å². The minimum atomic E-state index is -4.71. The largest absolute Gasteiger partial charge is 0.418 e. The van der Waals surface area contributed by atoms with Gasteiger partial charge in [0, 0.05) is 25.5 Å². The number of nitrogens with zero attached hydrogens (tertiary/aromatic N) is 7. The zero-order valence-corrected chi connectivity index (χ0v) is 19.0. The average Bonchev–Trinajstić information content (AvgIpc) is 2.88. The van der Waals surface area contributed by atoms with Crippen molar-refractivity contribution in [3.63, 3.8) is 0 Å². The summed E-state index contributed by atoms with van der Waals surface area (Å²) in [6.07, 6.45) is -3.35. The van der Waals surface area contributed by atoms with Crippen LogP contribution in [-0.2, 0) is 12.4 Å². The Kier molecular flexibility index (Phi) is 6.25. The van der Waals surface area contributed by atoms with Crippen molar-refractivity contribution in [2.45, 2.75) is 31.6 Å². The monoisotopic (exact) mass is 520 g/mol. The summed E-state index contributed by atoms with van der Waals surface area (Å²) in [4.78, 5) is 18.0. The topological polar surface area (TPSA) is 92.6 Å². The number of alkyl halides is 6. The van der Waals surface area contributed by atoms with Gasteiger partial charge in [-0.3, -0.25) is 0 Å². The fourth-order valence-electron chi connectivity index (χ4n) is 3.97. The van der Waals surface area contributed by atoms with Crippen LogP contribution in [0.2, 0.25) is 0 Å². The number of piperidine rings is 1. The van der Waals surface area contributed by atoms with Crippen molar-refractivity contribution in [2.75, 3.05) is 23.3 Å². The molecule has 0 spiro atoms. The van der Waals surface area contributed by atoms with E-state index < -0.39 is 29.2 Å². The number of halogens is 6. The number of anilines is 3. The Morgan fingerprint density at radius 1 is 0.811 bits per heavy atom. The maximum atomic E-state index is 14.0. The average molecular weight is 520 g/mol. The van der Waals surface area contributed by atoms with Crippen LogP contribution in [0.3, 0.4) is 0 Å². The van der Waals surface area contributed by atoms with E-state index >= 15 is 0 Å². The predicted octanol–water partition coefficient (Wildman–Crippen LogP) is 5.65. The van der Waals surface area contributed by atoms with Gasteiger partial charge in [0.05, 0.1) is 23.0 Å². The van der Waals surface area contributed by atoms with Gasteiger partial charge in [-0.25, -0.2) is 19.9 Å². The Labute approximate surface area is 205 Å². The first-order valence-corrected chi connectivity index (χ1v) is 11.2. The van der Waals surface area contributed by atoms with Crippen molar-refractivity contribution >= 4 is 28.5 Å². The lowest BCUT2D eigenvalue weighted by molar-refractivity contribution is -0.138. The molecule has 0 atom stereocenters. The second-order valence-electron chi connectivity index (χ2n) is 8.35. The minimum Gasteiger partial charge on any atom is -0.355 e. The van der Waals surface area contributed by atoms with Crippen LogP contribution >= 0.6 is 0 Å². The van der Waals surface area contributed by atoms with E-state index in [1.807, 2.05) is 0 Å². The van der Waals surface area contributed by atoms with E-state index in [0.29, 0.717) is 25.0 Å². The predicted molar refractivity (Wildman–Crippen MR) is 122 cm³/mol. The molecule has 14 heteroatoms. The lowest BCUT2D eigenvalue weighted by Gasteiger charge is -2.27. The summed E-state index contributed by atoms with van der Waals surface area (Å²) in [5, 5.41) is 10.7. The van der Waals surface area contributed by atoms with Crippen LogP contribution in [0.1, 0.15) is 30.4 Å². The van der Waals surface area contributed by atoms with E-state index in [1.165, 1.54) is 12.3 Å². The Morgan fingerprint density at radius 2 is 1.59 bits per heavy atom. The maximum Gasteiger partial charge on any atom is 0.418 e. The first kappa shape index (κ1) is 24.6. The molecule has 5 rings (SSSR count). The number of aromatic nitrogens is 6. The minimum absolute atomic E-state index is 0.00411. The molecule has 37 heavy (non-hydrogen) atoms. The molecule has 0 aliphatic carbocycles. The highest BCUT2D eigenvalue weighted by Crippen LogP contribution is 2.37. The number of hydrogen-bond donors (Lipinski definition) is 1. The van der Waals surface area contributed by atoms with Gasteiger partial charge in [-0.05, 0) is 43.5 Å². The summed E-state index contributed by atoms with van der Waals surface area (Å²) in [5.74, 6) is 0.253. The zero-order chi connectivity index (χ0) is 26.2. The number of fused-ring (bicyclic) bond motifs is 1. The van der Waals surface area contributed by atoms with Crippen molar-refractivity contribution in [3.05, 3.63) is 54.0 Å². The molecule has 0 radical (unpaired) electrons. The van der Waals surface area contributed by atoms with Gasteiger partial charge >= 0.3 is 12.4 Å². The SMILES string of the molecule is FC(F)(F)c1ccc(Nc2ccnc3nc(-c4nnc(N5CCCCC5)cc4C(F)(F)F)cnc23)nc1. The summed E-state index contributed by atoms with van der Waals surface area (Å²) >= 11 is 0. The van der Waals surface area contributed by atoms with Gasteiger partial charge in [0.25, 0.3) is 0 Å². The summed E-state index contributed by atoms with van der Waals surface area (Å²) in [7, 11) is 0. The third-order valence-corrected chi connectivity index (χ3v) is 5.81. The highest BCUT2D eigenvalue weighted by Gasteiger charge is 2.37. The molecule has 0 aromatic carbocycles. The molecule has 8 nitrogen and oxygen atoms in total. The number of pyridine rings is 2. The molecule has 1 aliphatic heterocycles. The van der Waals surface area contributed by atoms with Gasteiger partial charge in [0.2, 0.25) is 0 Å². The van der Waals surface area contributed by atoms with Gasteiger partial charge in [-0.1, -0.05) is 0 Å². The van der Waals surface area contributed by atoms with Gasteiger partial charge in [0.1, 0.15) is 22.7 Å². The number of hydrogen-bond acceptors (Lipinski definition) is 8. The molecule has 1 fully saturated rings. The van der Waals surface area contributed by atoms with Crippen LogP contribution in [0.5, 0.6) is 0 Å². The molecule has 1 aliphatic rings. The Balaban J connectivity index is 1.48. The van der Waals surface area contributed by atoms with Gasteiger partial charge < -0.3 is 10.2 Å². The highest BCUT2D eigenvalue weighted by atomic mass is 19.4. The first-order chi connectivity index (χ1) is 17.6.